The molecule has 5 heteroatoms. The maximum absolute atomic E-state index is 12.5. The van der Waals surface area contributed by atoms with Gasteiger partial charge in [-0.05, 0) is 32.0 Å². The third kappa shape index (κ3) is 2.20. The topological polar surface area (TPSA) is 62.1 Å². The lowest BCUT2D eigenvalue weighted by molar-refractivity contribution is -0.133. The lowest BCUT2D eigenvalue weighted by Crippen LogP contribution is -2.48. The van der Waals surface area contributed by atoms with Crippen LogP contribution >= 0.6 is 12.2 Å². The van der Waals surface area contributed by atoms with Crippen LogP contribution in [0.1, 0.15) is 30.9 Å². The first-order valence-corrected chi connectivity index (χ1v) is 6.30. The number of nitrogens with zero attached hydrogens (tertiary/aromatic N) is 1. The molecule has 1 aliphatic rings. The number of thiocarbonyl (C=S) groups is 1. The smallest absolute Gasteiger partial charge is 0.190 e. The highest BCUT2D eigenvalue weighted by Crippen LogP contribution is 2.39. The number of Topliss-reactive ketones (excluding diaryl/α,β-unsaturated/α-hetero) is 1. The molecule has 0 bridgehead atoms. The fraction of sp³-hybridized carbons (Fsp3) is 0.357. The number of ether oxygens (including phenoxy) is 1. The second kappa shape index (κ2) is 4.63. The molecule has 2 rings (SSSR count). The number of fused-ring (bicyclic) bond motifs is 1. The summed E-state index contributed by atoms with van der Waals surface area (Å²) in [6, 6.07) is 7.11. The molecular weight excluding hydrogens is 260 g/mol. The third-order valence-corrected chi connectivity index (χ3v) is 3.62. The summed E-state index contributed by atoms with van der Waals surface area (Å²) in [4.78, 5) is 12.9. The van der Waals surface area contributed by atoms with E-state index in [2.05, 4.69) is 11.4 Å². The second-order valence-electron chi connectivity index (χ2n) is 4.89. The van der Waals surface area contributed by atoms with Gasteiger partial charge in [0, 0.05) is 12.6 Å². The standard InChI is InChI=1S/C14H14N2O2S/c1-14(2)12(17)11(13(19)16-3)9-6-8(7-15)4-5-10(9)18-14/h4-6,11H,1-3H3,(H,16,19). The van der Waals surface area contributed by atoms with Crippen LogP contribution in [0.3, 0.4) is 0 Å². The number of hydrogen-bond acceptors (Lipinski definition) is 4. The molecule has 1 aromatic carbocycles. The van der Waals surface area contributed by atoms with E-state index in [9.17, 15) is 4.79 Å². The summed E-state index contributed by atoms with van der Waals surface area (Å²) in [7, 11) is 1.69. The molecule has 1 aromatic rings. The summed E-state index contributed by atoms with van der Waals surface area (Å²) in [5, 5.41) is 11.8. The summed E-state index contributed by atoms with van der Waals surface area (Å²) >= 11 is 5.24. The van der Waals surface area contributed by atoms with Crippen LogP contribution in [0.4, 0.5) is 0 Å². The van der Waals surface area contributed by atoms with Crippen molar-refractivity contribution in [3.8, 4) is 11.8 Å². The summed E-state index contributed by atoms with van der Waals surface area (Å²) in [5.41, 5.74) is 0.216. The third-order valence-electron chi connectivity index (χ3n) is 3.18. The van der Waals surface area contributed by atoms with Crippen LogP contribution in [0.2, 0.25) is 0 Å². The summed E-state index contributed by atoms with van der Waals surface area (Å²) < 4.78 is 5.71. The molecule has 1 unspecified atom stereocenters. The van der Waals surface area contributed by atoms with Crippen molar-refractivity contribution >= 4 is 23.0 Å². The van der Waals surface area contributed by atoms with E-state index >= 15 is 0 Å². The van der Waals surface area contributed by atoms with E-state index in [0.29, 0.717) is 21.9 Å². The quantitative estimate of drug-likeness (QED) is 0.793. The molecule has 4 nitrogen and oxygen atoms in total. The van der Waals surface area contributed by atoms with Crippen molar-refractivity contribution in [1.29, 1.82) is 5.26 Å². The Hall–Kier alpha value is -1.93. The van der Waals surface area contributed by atoms with Gasteiger partial charge in [0.05, 0.1) is 16.6 Å². The Bertz CT molecular complexity index is 602. The average Bonchev–Trinajstić information content (AvgIpc) is 2.38. The molecule has 0 spiro atoms. The molecule has 0 aliphatic carbocycles. The maximum atomic E-state index is 12.5. The first-order chi connectivity index (χ1) is 8.90. The van der Waals surface area contributed by atoms with Gasteiger partial charge in [0.15, 0.2) is 11.4 Å². The average molecular weight is 274 g/mol. The Morgan fingerprint density at radius 1 is 1.53 bits per heavy atom. The van der Waals surface area contributed by atoms with Gasteiger partial charge in [-0.25, -0.2) is 0 Å². The number of likely N-dealkylation sites (N-methyl/N-ethyl adjacent to an activating group) is 1. The van der Waals surface area contributed by atoms with Crippen LogP contribution in [0.5, 0.6) is 5.75 Å². The minimum Gasteiger partial charge on any atom is -0.480 e. The first-order valence-electron chi connectivity index (χ1n) is 5.89. The van der Waals surface area contributed by atoms with Gasteiger partial charge in [-0.3, -0.25) is 4.79 Å². The normalized spacial score (nSPS) is 19.9. The molecule has 1 heterocycles. The van der Waals surface area contributed by atoms with E-state index in [1.807, 2.05) is 0 Å². The van der Waals surface area contributed by atoms with E-state index in [1.54, 1.807) is 39.1 Å². The van der Waals surface area contributed by atoms with Crippen molar-refractivity contribution in [2.75, 3.05) is 7.05 Å². The van der Waals surface area contributed by atoms with Crippen molar-refractivity contribution in [3.05, 3.63) is 29.3 Å². The van der Waals surface area contributed by atoms with Crippen molar-refractivity contribution in [2.45, 2.75) is 25.4 Å². The molecule has 19 heavy (non-hydrogen) atoms. The zero-order chi connectivity index (χ0) is 14.2. The number of carbonyl (C=O) groups is 1. The van der Waals surface area contributed by atoms with Crippen LogP contribution in [0.25, 0.3) is 0 Å². The first kappa shape index (κ1) is 13.5. The van der Waals surface area contributed by atoms with Crippen molar-refractivity contribution < 1.29 is 9.53 Å². The van der Waals surface area contributed by atoms with Crippen molar-refractivity contribution in [1.82, 2.24) is 5.32 Å². The molecule has 0 aromatic heterocycles. The minimum absolute atomic E-state index is 0.102. The van der Waals surface area contributed by atoms with E-state index in [0.717, 1.165) is 0 Å². The summed E-state index contributed by atoms with van der Waals surface area (Å²) in [6.45, 7) is 3.45. The number of benzene rings is 1. The van der Waals surface area contributed by atoms with Gasteiger partial charge in [0.1, 0.15) is 11.7 Å². The zero-order valence-corrected chi connectivity index (χ0v) is 11.8. The lowest BCUT2D eigenvalue weighted by Gasteiger charge is -2.36. The molecule has 0 saturated heterocycles. The van der Waals surface area contributed by atoms with Gasteiger partial charge in [-0.1, -0.05) is 12.2 Å². The Labute approximate surface area is 117 Å². The molecule has 98 valence electrons. The molecule has 1 atom stereocenters. The molecular formula is C14H14N2O2S. The van der Waals surface area contributed by atoms with Gasteiger partial charge in [-0.2, -0.15) is 5.26 Å². The Morgan fingerprint density at radius 2 is 2.21 bits per heavy atom. The fourth-order valence-electron chi connectivity index (χ4n) is 2.16. The second-order valence-corrected chi connectivity index (χ2v) is 5.33. The van der Waals surface area contributed by atoms with Crippen LogP contribution in [0, 0.1) is 11.3 Å². The predicted molar refractivity (Wildman–Crippen MR) is 75.3 cm³/mol. The van der Waals surface area contributed by atoms with Gasteiger partial charge in [0.25, 0.3) is 0 Å². The number of nitrogens with one attached hydrogen (secondary N) is 1. The van der Waals surface area contributed by atoms with Crippen LogP contribution in [-0.2, 0) is 4.79 Å². The van der Waals surface area contributed by atoms with Gasteiger partial charge in [0.2, 0.25) is 0 Å². The van der Waals surface area contributed by atoms with E-state index in [1.165, 1.54) is 0 Å². The largest absolute Gasteiger partial charge is 0.480 e. The predicted octanol–water partition coefficient (Wildman–Crippen LogP) is 1.93. The fourth-order valence-corrected chi connectivity index (χ4v) is 2.39. The number of nitriles is 1. The molecule has 0 fully saturated rings. The number of ketones is 1. The SMILES string of the molecule is CNC(=S)C1C(=O)C(C)(C)Oc2ccc(C#N)cc21. The van der Waals surface area contributed by atoms with Crippen LogP contribution < -0.4 is 10.1 Å². The summed E-state index contributed by atoms with van der Waals surface area (Å²) in [5.74, 6) is -0.0623. The van der Waals surface area contributed by atoms with Crippen LogP contribution in [-0.4, -0.2) is 23.4 Å². The molecule has 1 aliphatic heterocycles. The monoisotopic (exact) mass is 274 g/mol. The molecule has 0 amide bonds. The van der Waals surface area contributed by atoms with E-state index in [4.69, 9.17) is 22.2 Å². The van der Waals surface area contributed by atoms with Crippen molar-refractivity contribution in [2.24, 2.45) is 0 Å². The van der Waals surface area contributed by atoms with Gasteiger partial charge < -0.3 is 10.1 Å². The van der Waals surface area contributed by atoms with Gasteiger partial charge >= 0.3 is 0 Å². The van der Waals surface area contributed by atoms with E-state index < -0.39 is 11.5 Å². The number of carbonyl (C=O) groups excluding carboxylic acids is 1. The van der Waals surface area contributed by atoms with Crippen LogP contribution in [0.15, 0.2) is 18.2 Å². The number of rotatable bonds is 1. The highest BCUT2D eigenvalue weighted by atomic mass is 32.1. The Kier molecular flexibility index (Phi) is 3.29. The number of hydrogen-bond donors (Lipinski definition) is 1. The van der Waals surface area contributed by atoms with Crippen molar-refractivity contribution in [3.63, 3.8) is 0 Å². The highest BCUT2D eigenvalue weighted by molar-refractivity contribution is 7.80. The minimum atomic E-state index is -0.924. The summed E-state index contributed by atoms with van der Waals surface area (Å²) in [6.07, 6.45) is 0. The molecule has 1 N–H and O–H groups in total. The molecule has 0 radical (unpaired) electrons. The maximum Gasteiger partial charge on any atom is 0.190 e. The Balaban J connectivity index is 2.63. The highest BCUT2D eigenvalue weighted by Gasteiger charge is 2.44. The molecule has 0 saturated carbocycles. The zero-order valence-electron chi connectivity index (χ0n) is 11.0. The van der Waals surface area contributed by atoms with Gasteiger partial charge in [-0.15, -0.1) is 0 Å². The Morgan fingerprint density at radius 3 is 2.79 bits per heavy atom. The van der Waals surface area contributed by atoms with E-state index in [-0.39, 0.29) is 5.78 Å². The lowest BCUT2D eigenvalue weighted by atomic mass is 9.82.